The minimum atomic E-state index is -0.149. The van der Waals surface area contributed by atoms with E-state index in [0.29, 0.717) is 17.4 Å². The molecule has 2 aliphatic rings. The number of benzene rings is 1. The maximum atomic E-state index is 12.6. The van der Waals surface area contributed by atoms with Crippen LogP contribution in [0.1, 0.15) is 31.2 Å². The second kappa shape index (κ2) is 6.06. The van der Waals surface area contributed by atoms with Crippen molar-refractivity contribution in [3.63, 3.8) is 0 Å². The number of nitrogens with zero attached hydrogens (tertiary/aromatic N) is 3. The average molecular weight is 344 g/mol. The summed E-state index contributed by atoms with van der Waals surface area (Å²) in [6, 6.07) is 9.29. The molecule has 2 amide bonds. The molecule has 124 valence electrons. The number of fused-ring (bicyclic) bond motifs is 1. The molecule has 2 aromatic rings. The van der Waals surface area contributed by atoms with Gasteiger partial charge in [-0.1, -0.05) is 36.6 Å². The van der Waals surface area contributed by atoms with Gasteiger partial charge in [0.1, 0.15) is 0 Å². The molecule has 6 heteroatoms. The third-order valence-electron chi connectivity index (χ3n) is 4.93. The Balaban J connectivity index is 1.56. The zero-order chi connectivity index (χ0) is 16.7. The summed E-state index contributed by atoms with van der Waals surface area (Å²) >= 11 is 6.00. The van der Waals surface area contributed by atoms with E-state index in [-0.39, 0.29) is 23.7 Å². The molecule has 4 rings (SSSR count). The van der Waals surface area contributed by atoms with E-state index in [1.165, 1.54) is 4.90 Å². The number of halogens is 1. The van der Waals surface area contributed by atoms with Crippen LogP contribution in [0.3, 0.4) is 0 Å². The van der Waals surface area contributed by atoms with Crippen molar-refractivity contribution < 1.29 is 9.59 Å². The van der Waals surface area contributed by atoms with E-state index in [2.05, 4.69) is 5.10 Å². The summed E-state index contributed by atoms with van der Waals surface area (Å²) in [5.74, 6) is -0.0366. The number of imide groups is 1. The molecule has 0 bridgehead atoms. The standard InChI is InChI=1S/C18H18ClN3O2/c19-13-5-3-4-12(10-13)11-21-9-8-16(20-21)22-17(23)14-6-1-2-7-15(14)18(22)24/h3-5,8-10,14-15H,1-2,6-7,11H2. The van der Waals surface area contributed by atoms with Gasteiger partial charge < -0.3 is 0 Å². The summed E-state index contributed by atoms with van der Waals surface area (Å²) < 4.78 is 1.73. The zero-order valence-electron chi connectivity index (χ0n) is 13.2. The third-order valence-corrected chi connectivity index (χ3v) is 5.17. The predicted octanol–water partition coefficient (Wildman–Crippen LogP) is 3.26. The van der Waals surface area contributed by atoms with Gasteiger partial charge >= 0.3 is 0 Å². The van der Waals surface area contributed by atoms with Crippen molar-refractivity contribution >= 4 is 29.2 Å². The molecule has 1 aromatic heterocycles. The minimum absolute atomic E-state index is 0.0855. The summed E-state index contributed by atoms with van der Waals surface area (Å²) in [5.41, 5.74) is 1.02. The molecule has 24 heavy (non-hydrogen) atoms. The van der Waals surface area contributed by atoms with E-state index < -0.39 is 0 Å². The molecule has 0 spiro atoms. The molecular formula is C18H18ClN3O2. The molecule has 1 saturated carbocycles. The molecule has 2 atom stereocenters. The highest BCUT2D eigenvalue weighted by Gasteiger charge is 2.49. The molecule has 1 saturated heterocycles. The first kappa shape index (κ1) is 15.4. The molecule has 1 aliphatic heterocycles. The van der Waals surface area contributed by atoms with E-state index in [4.69, 9.17) is 11.6 Å². The van der Waals surface area contributed by atoms with Crippen LogP contribution in [0.2, 0.25) is 5.02 Å². The Bertz CT molecular complexity index is 777. The van der Waals surface area contributed by atoms with Gasteiger partial charge in [0.15, 0.2) is 5.82 Å². The number of aromatic nitrogens is 2. The number of carbonyl (C=O) groups is 2. The van der Waals surface area contributed by atoms with E-state index in [9.17, 15) is 9.59 Å². The van der Waals surface area contributed by atoms with Gasteiger partial charge in [-0.15, -0.1) is 0 Å². The quantitative estimate of drug-likeness (QED) is 0.804. The van der Waals surface area contributed by atoms with Crippen LogP contribution in [-0.4, -0.2) is 21.6 Å². The Hall–Kier alpha value is -2.14. The molecule has 5 nitrogen and oxygen atoms in total. The monoisotopic (exact) mass is 343 g/mol. The van der Waals surface area contributed by atoms with Crippen LogP contribution < -0.4 is 4.90 Å². The van der Waals surface area contributed by atoms with Gasteiger partial charge in [-0.25, -0.2) is 4.90 Å². The molecule has 2 heterocycles. The summed E-state index contributed by atoms with van der Waals surface area (Å²) in [4.78, 5) is 26.5. The summed E-state index contributed by atoms with van der Waals surface area (Å²) in [5, 5.41) is 5.11. The minimum Gasteiger partial charge on any atom is -0.274 e. The number of amides is 2. The van der Waals surface area contributed by atoms with Crippen LogP contribution in [0.15, 0.2) is 36.5 Å². The maximum absolute atomic E-state index is 12.6. The maximum Gasteiger partial charge on any atom is 0.238 e. The fourth-order valence-corrected chi connectivity index (χ4v) is 3.98. The van der Waals surface area contributed by atoms with Crippen LogP contribution in [0, 0.1) is 11.8 Å². The van der Waals surface area contributed by atoms with Crippen LogP contribution in [0.25, 0.3) is 0 Å². The summed E-state index contributed by atoms with van der Waals surface area (Å²) in [7, 11) is 0. The van der Waals surface area contributed by atoms with Crippen molar-refractivity contribution in [2.24, 2.45) is 11.8 Å². The van der Waals surface area contributed by atoms with Gasteiger partial charge in [0, 0.05) is 17.3 Å². The van der Waals surface area contributed by atoms with Crippen molar-refractivity contribution in [1.82, 2.24) is 9.78 Å². The fraction of sp³-hybridized carbons (Fsp3) is 0.389. The van der Waals surface area contributed by atoms with Crippen LogP contribution in [0.5, 0.6) is 0 Å². The van der Waals surface area contributed by atoms with Crippen LogP contribution in [-0.2, 0) is 16.1 Å². The lowest BCUT2D eigenvalue weighted by Crippen LogP contribution is -2.31. The van der Waals surface area contributed by atoms with Gasteiger partial charge in [-0.3, -0.25) is 14.3 Å². The topological polar surface area (TPSA) is 55.2 Å². The van der Waals surface area contributed by atoms with Gasteiger partial charge in [-0.05, 0) is 30.5 Å². The Morgan fingerprint density at radius 2 is 1.79 bits per heavy atom. The fourth-order valence-electron chi connectivity index (χ4n) is 3.77. The normalized spacial score (nSPS) is 23.6. The van der Waals surface area contributed by atoms with Crippen LogP contribution in [0.4, 0.5) is 5.82 Å². The Labute approximate surface area is 145 Å². The number of anilines is 1. The highest BCUT2D eigenvalue weighted by atomic mass is 35.5. The lowest BCUT2D eigenvalue weighted by atomic mass is 9.81. The Morgan fingerprint density at radius 1 is 1.08 bits per heavy atom. The Kier molecular flexibility index (Phi) is 3.88. The first-order valence-electron chi connectivity index (χ1n) is 8.29. The van der Waals surface area contributed by atoms with Crippen molar-refractivity contribution in [2.75, 3.05) is 4.90 Å². The van der Waals surface area contributed by atoms with Gasteiger partial charge in [0.05, 0.1) is 18.4 Å². The van der Waals surface area contributed by atoms with Gasteiger partial charge in [0.25, 0.3) is 0 Å². The van der Waals surface area contributed by atoms with E-state index in [1.807, 2.05) is 24.3 Å². The zero-order valence-corrected chi connectivity index (χ0v) is 13.9. The smallest absolute Gasteiger partial charge is 0.238 e. The molecule has 0 radical (unpaired) electrons. The lowest BCUT2D eigenvalue weighted by molar-refractivity contribution is -0.122. The highest BCUT2D eigenvalue weighted by Crippen LogP contribution is 2.39. The van der Waals surface area contributed by atoms with E-state index >= 15 is 0 Å². The largest absolute Gasteiger partial charge is 0.274 e. The molecular weight excluding hydrogens is 326 g/mol. The van der Waals surface area contributed by atoms with E-state index in [0.717, 1.165) is 31.2 Å². The van der Waals surface area contributed by atoms with Crippen LogP contribution >= 0.6 is 11.6 Å². The predicted molar refractivity (Wildman–Crippen MR) is 90.7 cm³/mol. The molecule has 1 aliphatic carbocycles. The number of hydrogen-bond acceptors (Lipinski definition) is 3. The average Bonchev–Trinajstić information content (AvgIpc) is 3.11. The molecule has 2 fully saturated rings. The first-order chi connectivity index (χ1) is 11.6. The Morgan fingerprint density at radius 3 is 2.46 bits per heavy atom. The lowest BCUT2D eigenvalue weighted by Gasteiger charge is -2.19. The highest BCUT2D eigenvalue weighted by molar-refractivity contribution is 6.30. The van der Waals surface area contributed by atoms with E-state index in [1.54, 1.807) is 16.9 Å². The second-order valence-electron chi connectivity index (χ2n) is 6.51. The van der Waals surface area contributed by atoms with Gasteiger partial charge in [-0.2, -0.15) is 5.10 Å². The SMILES string of the molecule is O=C1C2CCCCC2C(=O)N1c1ccn(Cc2cccc(Cl)c2)n1. The number of rotatable bonds is 3. The van der Waals surface area contributed by atoms with Crippen molar-refractivity contribution in [1.29, 1.82) is 0 Å². The molecule has 0 N–H and O–H groups in total. The van der Waals surface area contributed by atoms with Crippen molar-refractivity contribution in [3.05, 3.63) is 47.1 Å². The number of hydrogen-bond donors (Lipinski definition) is 0. The third kappa shape index (κ3) is 2.63. The van der Waals surface area contributed by atoms with Gasteiger partial charge in [0.2, 0.25) is 11.8 Å². The summed E-state index contributed by atoms with van der Waals surface area (Å²) in [6.45, 7) is 0.545. The second-order valence-corrected chi connectivity index (χ2v) is 6.95. The van der Waals surface area contributed by atoms with Crippen molar-refractivity contribution in [3.8, 4) is 0 Å². The summed E-state index contributed by atoms with van der Waals surface area (Å²) in [6.07, 6.45) is 5.47. The molecule has 1 aromatic carbocycles. The molecule has 2 unspecified atom stereocenters. The first-order valence-corrected chi connectivity index (χ1v) is 8.67. The number of carbonyl (C=O) groups excluding carboxylic acids is 2. The van der Waals surface area contributed by atoms with Crippen molar-refractivity contribution in [2.45, 2.75) is 32.2 Å².